The monoisotopic (exact) mass is 744 g/mol. The largest absolute Gasteiger partial charge is 0.481 e. The number of carboxylic acid groups (broad SMARTS) is 1. The van der Waals surface area contributed by atoms with Crippen LogP contribution in [0.5, 0.6) is 5.88 Å². The maximum atomic E-state index is 14.0. The number of aliphatic carboxylic acids is 1. The number of benzene rings is 2. The molecule has 5 heterocycles. The Morgan fingerprint density at radius 2 is 1.72 bits per heavy atom. The smallest absolute Gasteiger partial charge is 0.306 e. The van der Waals surface area contributed by atoms with Crippen molar-refractivity contribution >= 4 is 40.1 Å². The molecule has 53 heavy (non-hydrogen) atoms. The van der Waals surface area contributed by atoms with Gasteiger partial charge in [0.25, 0.3) is 6.43 Å². The van der Waals surface area contributed by atoms with Gasteiger partial charge in [-0.1, -0.05) is 41.9 Å². The number of rotatable bonds is 11. The van der Waals surface area contributed by atoms with Crippen LogP contribution in [0.1, 0.15) is 48.3 Å². The highest BCUT2D eigenvalue weighted by molar-refractivity contribution is 6.36. The number of nitrogens with one attached hydrogen (secondary N) is 1. The summed E-state index contributed by atoms with van der Waals surface area (Å²) in [6.45, 7) is 5.50. The third-order valence-electron chi connectivity index (χ3n) is 9.93. The standard InChI is InChI=1S/C38H39ClF2N8O4/c1-21-25(26-6-3-7-27(32(26)39)30-17-42-31(37(46-30)53-2)20-48-12-9-23(10-13-48)38(51)52)5-4-8-28(21)44-35-33-29(45-36(47-35)34(40)41)15-22(16-43-33)18-49-14-11-24(50)19-49/h3-8,15-17,23-24,34,50H,9-14,18-20H2,1-2H3,(H,51,52)(H,44,45,47)/t24-/m1/s1. The second-order valence-electron chi connectivity index (χ2n) is 13.5. The number of pyridine rings is 1. The number of carboxylic acids is 1. The zero-order valence-electron chi connectivity index (χ0n) is 29.3. The molecule has 0 spiro atoms. The topological polar surface area (TPSA) is 150 Å². The Morgan fingerprint density at radius 1 is 0.981 bits per heavy atom. The molecule has 2 saturated heterocycles. The number of nitrogens with zero attached hydrogens (tertiary/aromatic N) is 7. The van der Waals surface area contributed by atoms with Gasteiger partial charge in [-0.25, -0.2) is 23.7 Å². The first-order valence-electron chi connectivity index (χ1n) is 17.4. The summed E-state index contributed by atoms with van der Waals surface area (Å²) in [6.07, 6.45) is 1.93. The van der Waals surface area contributed by atoms with Crippen LogP contribution in [0.3, 0.4) is 0 Å². The number of piperidine rings is 1. The summed E-state index contributed by atoms with van der Waals surface area (Å²) < 4.78 is 33.7. The van der Waals surface area contributed by atoms with Crippen molar-refractivity contribution in [2.75, 3.05) is 38.6 Å². The minimum atomic E-state index is -2.89. The van der Waals surface area contributed by atoms with Crippen molar-refractivity contribution in [3.8, 4) is 28.3 Å². The number of anilines is 2. The molecule has 5 aromatic rings. The van der Waals surface area contributed by atoms with Gasteiger partial charge in [-0.05, 0) is 68.1 Å². The first-order valence-corrected chi connectivity index (χ1v) is 17.8. The van der Waals surface area contributed by atoms with E-state index in [9.17, 15) is 23.8 Å². The molecule has 12 nitrogen and oxygen atoms in total. The lowest BCUT2D eigenvalue weighted by Crippen LogP contribution is -2.36. The van der Waals surface area contributed by atoms with E-state index < -0.39 is 18.2 Å². The van der Waals surface area contributed by atoms with E-state index in [0.29, 0.717) is 96.6 Å². The van der Waals surface area contributed by atoms with Gasteiger partial charge in [-0.3, -0.25) is 24.6 Å². The number of halogens is 3. The minimum absolute atomic E-state index is 0.155. The van der Waals surface area contributed by atoms with Crippen molar-refractivity contribution in [3.05, 3.63) is 82.5 Å². The molecule has 3 aromatic heterocycles. The summed E-state index contributed by atoms with van der Waals surface area (Å²) in [4.78, 5) is 37.9. The molecule has 276 valence electrons. The van der Waals surface area contributed by atoms with Gasteiger partial charge in [-0.2, -0.15) is 0 Å². The third-order valence-corrected chi connectivity index (χ3v) is 10.3. The molecule has 0 unspecified atom stereocenters. The molecule has 7 rings (SSSR count). The number of aromatic nitrogens is 5. The van der Waals surface area contributed by atoms with Gasteiger partial charge in [0.1, 0.15) is 11.2 Å². The van der Waals surface area contributed by atoms with Crippen LogP contribution in [-0.2, 0) is 17.9 Å². The third kappa shape index (κ3) is 7.91. The van der Waals surface area contributed by atoms with Gasteiger partial charge in [0.2, 0.25) is 5.88 Å². The van der Waals surface area contributed by atoms with Crippen LogP contribution < -0.4 is 10.1 Å². The van der Waals surface area contributed by atoms with Crippen LogP contribution in [0.2, 0.25) is 5.02 Å². The van der Waals surface area contributed by atoms with Crippen molar-refractivity contribution in [1.29, 1.82) is 0 Å². The van der Waals surface area contributed by atoms with Gasteiger partial charge < -0.3 is 20.3 Å². The molecular weight excluding hydrogens is 706 g/mol. The fraction of sp³-hybridized carbons (Fsp3) is 0.368. The number of fused-ring (bicyclic) bond motifs is 1. The van der Waals surface area contributed by atoms with Gasteiger partial charge >= 0.3 is 5.97 Å². The number of ether oxygens (including phenoxy) is 1. The predicted octanol–water partition coefficient (Wildman–Crippen LogP) is 6.66. The predicted molar refractivity (Wildman–Crippen MR) is 196 cm³/mol. The highest BCUT2D eigenvalue weighted by Crippen LogP contribution is 2.40. The Bertz CT molecular complexity index is 2150. The van der Waals surface area contributed by atoms with E-state index in [2.05, 4.69) is 35.1 Å². The lowest BCUT2D eigenvalue weighted by atomic mass is 9.96. The number of methoxy groups -OCH3 is 1. The summed E-state index contributed by atoms with van der Waals surface area (Å²) in [5.41, 5.74) is 6.22. The number of aliphatic hydroxyl groups is 1. The minimum Gasteiger partial charge on any atom is -0.481 e. The van der Waals surface area contributed by atoms with Crippen molar-refractivity contribution in [2.24, 2.45) is 5.92 Å². The second-order valence-corrected chi connectivity index (χ2v) is 13.9. The summed E-state index contributed by atoms with van der Waals surface area (Å²) in [5.74, 6) is -1.17. The molecule has 0 aliphatic carbocycles. The molecule has 15 heteroatoms. The fourth-order valence-electron chi connectivity index (χ4n) is 7.04. The normalized spacial score (nSPS) is 17.2. The number of β-amino-alcohol motifs (C(OH)–C–C–N with tert-alkyl or cyclic N) is 1. The van der Waals surface area contributed by atoms with Gasteiger partial charge in [0, 0.05) is 49.2 Å². The number of aliphatic hydroxyl groups excluding tert-OH is 1. The van der Waals surface area contributed by atoms with Crippen molar-refractivity contribution < 1.29 is 28.5 Å². The maximum Gasteiger partial charge on any atom is 0.306 e. The Balaban J connectivity index is 1.16. The van der Waals surface area contributed by atoms with Crippen LogP contribution >= 0.6 is 11.6 Å². The number of hydrogen-bond donors (Lipinski definition) is 3. The molecule has 0 saturated carbocycles. The van der Waals surface area contributed by atoms with Gasteiger partial charge in [-0.15, -0.1) is 0 Å². The maximum absolute atomic E-state index is 14.0. The molecule has 1 atom stereocenters. The SMILES string of the molecule is COc1nc(-c2cccc(-c3cccc(Nc4nc(C(F)F)nc5cc(CN6CC[C@@H](O)C6)cnc45)c3C)c2Cl)cnc1CN1CCC(C(=O)O)CC1. The van der Waals surface area contributed by atoms with Crippen molar-refractivity contribution in [1.82, 2.24) is 34.7 Å². The number of alkyl halides is 2. The summed E-state index contributed by atoms with van der Waals surface area (Å²) in [6, 6.07) is 13.0. The Hall–Kier alpha value is -4.89. The van der Waals surface area contributed by atoms with E-state index in [4.69, 9.17) is 21.3 Å². The highest BCUT2D eigenvalue weighted by atomic mass is 35.5. The Morgan fingerprint density at radius 3 is 2.43 bits per heavy atom. The Labute approximate surface area is 309 Å². The lowest BCUT2D eigenvalue weighted by molar-refractivity contribution is -0.143. The molecule has 0 radical (unpaired) electrons. The van der Waals surface area contributed by atoms with Crippen LogP contribution in [0.25, 0.3) is 33.4 Å². The summed E-state index contributed by atoms with van der Waals surface area (Å²) in [5, 5.41) is 22.9. The average Bonchev–Trinajstić information content (AvgIpc) is 3.56. The van der Waals surface area contributed by atoms with Gasteiger partial charge in [0.05, 0.1) is 41.6 Å². The second kappa shape index (κ2) is 15.6. The van der Waals surface area contributed by atoms with E-state index >= 15 is 0 Å². The van der Waals surface area contributed by atoms with E-state index in [-0.39, 0.29) is 17.8 Å². The number of carbonyl (C=O) groups is 1. The summed E-state index contributed by atoms with van der Waals surface area (Å²) in [7, 11) is 1.54. The molecule has 3 N–H and O–H groups in total. The zero-order chi connectivity index (χ0) is 37.2. The van der Waals surface area contributed by atoms with Crippen LogP contribution in [0.15, 0.2) is 54.9 Å². The van der Waals surface area contributed by atoms with E-state index in [1.165, 1.54) is 7.11 Å². The first-order chi connectivity index (χ1) is 25.6. The molecule has 2 fully saturated rings. The van der Waals surface area contributed by atoms with Crippen LogP contribution in [0, 0.1) is 12.8 Å². The molecular formula is C38H39ClF2N8O4. The van der Waals surface area contributed by atoms with Crippen molar-refractivity contribution in [2.45, 2.75) is 51.8 Å². The average molecular weight is 745 g/mol. The molecule has 2 aliphatic heterocycles. The Kier molecular flexibility index (Phi) is 10.7. The summed E-state index contributed by atoms with van der Waals surface area (Å²) >= 11 is 7.09. The molecule has 0 bridgehead atoms. The van der Waals surface area contributed by atoms with E-state index in [1.54, 1.807) is 18.5 Å². The zero-order valence-corrected chi connectivity index (χ0v) is 30.0. The van der Waals surface area contributed by atoms with Crippen LogP contribution in [-0.4, -0.2) is 90.3 Å². The molecule has 0 amide bonds. The van der Waals surface area contributed by atoms with E-state index in [0.717, 1.165) is 28.8 Å². The molecule has 2 aliphatic rings. The quantitative estimate of drug-likeness (QED) is 0.133. The van der Waals surface area contributed by atoms with Crippen molar-refractivity contribution in [3.63, 3.8) is 0 Å². The van der Waals surface area contributed by atoms with Gasteiger partial charge in [0.15, 0.2) is 11.6 Å². The number of likely N-dealkylation sites (tertiary alicyclic amines) is 2. The lowest BCUT2D eigenvalue weighted by Gasteiger charge is -2.29. The van der Waals surface area contributed by atoms with Crippen LogP contribution in [0.4, 0.5) is 20.3 Å². The highest BCUT2D eigenvalue weighted by Gasteiger charge is 2.26. The van der Waals surface area contributed by atoms with E-state index in [1.807, 2.05) is 43.3 Å². The fourth-order valence-corrected chi connectivity index (χ4v) is 7.37. The first kappa shape index (κ1) is 36.5. The molecule has 2 aromatic carbocycles. The number of hydrogen-bond acceptors (Lipinski definition) is 11.